The van der Waals surface area contributed by atoms with Crippen LogP contribution in [0, 0.1) is 0 Å². The molecule has 0 amide bonds. The number of ether oxygens (including phenoxy) is 2. The minimum atomic E-state index is -4.66. The van der Waals surface area contributed by atoms with Crippen molar-refractivity contribution in [3.05, 3.63) is 106 Å². The SMILES string of the molecule is COc1cc(CN2CC(=Cc3ccccc3C(F)(F)F)C(=O)C(=Cc3ccccc3C(F)(F)F)C2)cc(OC)c1. The van der Waals surface area contributed by atoms with Gasteiger partial charge in [0.05, 0.1) is 25.3 Å². The van der Waals surface area contributed by atoms with Gasteiger partial charge >= 0.3 is 12.4 Å². The van der Waals surface area contributed by atoms with Gasteiger partial charge in [-0.3, -0.25) is 9.69 Å². The zero-order valence-electron chi connectivity index (χ0n) is 21.6. The number of hydrogen-bond donors (Lipinski definition) is 0. The summed E-state index contributed by atoms with van der Waals surface area (Å²) in [5, 5.41) is 0. The first-order valence-corrected chi connectivity index (χ1v) is 12.1. The summed E-state index contributed by atoms with van der Waals surface area (Å²) in [6.45, 7) is 0.170. The normalized spacial score (nSPS) is 16.9. The maximum absolute atomic E-state index is 13.7. The Hall–Kier alpha value is -4.05. The first kappa shape index (κ1) is 28.9. The van der Waals surface area contributed by atoms with Crippen molar-refractivity contribution in [2.45, 2.75) is 18.9 Å². The van der Waals surface area contributed by atoms with E-state index in [1.807, 2.05) is 0 Å². The second-order valence-electron chi connectivity index (χ2n) is 9.20. The Morgan fingerprint density at radius 2 is 1.15 bits per heavy atom. The van der Waals surface area contributed by atoms with Crippen molar-refractivity contribution in [1.82, 2.24) is 4.90 Å². The number of methoxy groups -OCH3 is 2. The van der Waals surface area contributed by atoms with E-state index in [-0.39, 0.29) is 41.9 Å². The monoisotopic (exact) mass is 561 g/mol. The van der Waals surface area contributed by atoms with Crippen LogP contribution < -0.4 is 9.47 Å². The van der Waals surface area contributed by atoms with E-state index in [9.17, 15) is 31.1 Å². The molecule has 1 saturated heterocycles. The molecule has 1 aliphatic rings. The molecule has 0 aliphatic carbocycles. The number of ketones is 1. The Bertz CT molecular complexity index is 1350. The molecule has 1 aliphatic heterocycles. The molecule has 0 unspecified atom stereocenters. The van der Waals surface area contributed by atoms with Crippen LogP contribution in [0.1, 0.15) is 27.8 Å². The van der Waals surface area contributed by atoms with E-state index in [1.165, 1.54) is 50.6 Å². The Kier molecular flexibility index (Phi) is 8.39. The van der Waals surface area contributed by atoms with E-state index in [0.717, 1.165) is 29.8 Å². The fourth-order valence-electron chi connectivity index (χ4n) is 4.58. The van der Waals surface area contributed by atoms with E-state index < -0.39 is 29.3 Å². The van der Waals surface area contributed by atoms with Gasteiger partial charge in [-0.05, 0) is 53.1 Å². The molecule has 0 aromatic heterocycles. The van der Waals surface area contributed by atoms with Crippen molar-refractivity contribution >= 4 is 17.9 Å². The van der Waals surface area contributed by atoms with Crippen LogP contribution in [0.15, 0.2) is 77.9 Å². The predicted molar refractivity (Wildman–Crippen MR) is 139 cm³/mol. The zero-order chi connectivity index (χ0) is 29.1. The summed E-state index contributed by atoms with van der Waals surface area (Å²) in [4.78, 5) is 15.3. The minimum absolute atomic E-state index is 0.0218. The summed E-state index contributed by atoms with van der Waals surface area (Å²) in [6, 6.07) is 14.8. The Morgan fingerprint density at radius 3 is 1.55 bits per heavy atom. The van der Waals surface area contributed by atoms with E-state index in [1.54, 1.807) is 23.1 Å². The molecular formula is C30H25F6NO3. The fourth-order valence-corrected chi connectivity index (χ4v) is 4.58. The van der Waals surface area contributed by atoms with Crippen molar-refractivity contribution in [1.29, 1.82) is 0 Å². The number of rotatable bonds is 6. The highest BCUT2D eigenvalue weighted by Gasteiger charge is 2.35. The van der Waals surface area contributed by atoms with Crippen LogP contribution in [0.3, 0.4) is 0 Å². The maximum Gasteiger partial charge on any atom is 0.416 e. The molecule has 0 atom stereocenters. The van der Waals surface area contributed by atoms with Crippen LogP contribution in [0.4, 0.5) is 26.3 Å². The molecule has 1 heterocycles. The van der Waals surface area contributed by atoms with E-state index >= 15 is 0 Å². The van der Waals surface area contributed by atoms with Crippen molar-refractivity contribution in [2.75, 3.05) is 27.3 Å². The number of nitrogens with zero attached hydrogens (tertiary/aromatic N) is 1. The Labute approximate surface area is 227 Å². The van der Waals surface area contributed by atoms with Crippen LogP contribution in [0.2, 0.25) is 0 Å². The number of Topliss-reactive ketones (excluding diaryl/α,β-unsaturated/α-hetero) is 1. The fraction of sp³-hybridized carbons (Fsp3) is 0.233. The van der Waals surface area contributed by atoms with Gasteiger partial charge in [0.25, 0.3) is 0 Å². The lowest BCUT2D eigenvalue weighted by Crippen LogP contribution is -2.37. The summed E-state index contributed by atoms with van der Waals surface area (Å²) >= 11 is 0. The third kappa shape index (κ3) is 6.74. The largest absolute Gasteiger partial charge is 0.497 e. The zero-order valence-corrected chi connectivity index (χ0v) is 21.6. The second kappa shape index (κ2) is 11.6. The minimum Gasteiger partial charge on any atom is -0.497 e. The van der Waals surface area contributed by atoms with Gasteiger partial charge in [0.15, 0.2) is 5.78 Å². The highest BCUT2D eigenvalue weighted by molar-refractivity contribution is 6.14. The first-order chi connectivity index (χ1) is 18.9. The van der Waals surface area contributed by atoms with E-state index in [0.29, 0.717) is 11.5 Å². The lowest BCUT2D eigenvalue weighted by molar-refractivity contribution is -0.138. The molecule has 1 fully saturated rings. The highest BCUT2D eigenvalue weighted by atomic mass is 19.4. The number of halogens is 6. The molecule has 0 N–H and O–H groups in total. The van der Waals surface area contributed by atoms with Gasteiger partial charge in [-0.2, -0.15) is 26.3 Å². The lowest BCUT2D eigenvalue weighted by Gasteiger charge is -2.30. The van der Waals surface area contributed by atoms with Crippen LogP contribution in [0.25, 0.3) is 12.2 Å². The molecule has 40 heavy (non-hydrogen) atoms. The average Bonchev–Trinajstić information content (AvgIpc) is 2.90. The van der Waals surface area contributed by atoms with Crippen molar-refractivity contribution in [3.8, 4) is 11.5 Å². The number of benzene rings is 3. The van der Waals surface area contributed by atoms with Gasteiger partial charge in [-0.25, -0.2) is 0 Å². The molecule has 10 heteroatoms. The topological polar surface area (TPSA) is 38.8 Å². The number of hydrogen-bond acceptors (Lipinski definition) is 4. The highest BCUT2D eigenvalue weighted by Crippen LogP contribution is 2.36. The number of likely N-dealkylation sites (tertiary alicyclic amines) is 1. The smallest absolute Gasteiger partial charge is 0.416 e. The standard InChI is InChI=1S/C30H25F6NO3/c1-39-24-11-19(12-25(15-24)40-2)16-37-17-22(13-20-7-3-5-9-26(20)29(31,32)33)28(38)23(18-37)14-21-8-4-6-10-27(21)30(34,35)36/h3-15H,16-18H2,1-2H3. The van der Waals surface area contributed by atoms with E-state index in [4.69, 9.17) is 9.47 Å². The maximum atomic E-state index is 13.7. The molecule has 4 rings (SSSR count). The van der Waals surface area contributed by atoms with Gasteiger partial charge in [0.2, 0.25) is 0 Å². The van der Waals surface area contributed by atoms with Gasteiger partial charge < -0.3 is 9.47 Å². The first-order valence-electron chi connectivity index (χ1n) is 12.1. The third-order valence-corrected chi connectivity index (χ3v) is 6.38. The van der Waals surface area contributed by atoms with Crippen LogP contribution >= 0.6 is 0 Å². The van der Waals surface area contributed by atoms with Crippen molar-refractivity contribution in [3.63, 3.8) is 0 Å². The molecule has 4 nitrogen and oxygen atoms in total. The van der Waals surface area contributed by atoms with Crippen molar-refractivity contribution in [2.24, 2.45) is 0 Å². The van der Waals surface area contributed by atoms with Crippen molar-refractivity contribution < 1.29 is 40.6 Å². The molecule has 0 bridgehead atoms. The summed E-state index contributed by atoms with van der Waals surface area (Å²) in [7, 11) is 2.96. The summed E-state index contributed by atoms with van der Waals surface area (Å²) in [5.41, 5.74) is -1.50. The average molecular weight is 562 g/mol. The van der Waals surface area contributed by atoms with Crippen LogP contribution in [0.5, 0.6) is 11.5 Å². The lowest BCUT2D eigenvalue weighted by atomic mass is 9.92. The third-order valence-electron chi connectivity index (χ3n) is 6.38. The number of carbonyl (C=O) groups is 1. The molecule has 0 saturated carbocycles. The Morgan fingerprint density at radius 1 is 0.725 bits per heavy atom. The molecular weight excluding hydrogens is 536 g/mol. The molecule has 3 aromatic rings. The predicted octanol–water partition coefficient (Wildman–Crippen LogP) is 7.29. The quantitative estimate of drug-likeness (QED) is 0.234. The Balaban J connectivity index is 1.80. The molecule has 3 aromatic carbocycles. The molecule has 210 valence electrons. The van der Waals surface area contributed by atoms with Gasteiger partial charge in [0.1, 0.15) is 11.5 Å². The molecule has 0 spiro atoms. The van der Waals surface area contributed by atoms with E-state index in [2.05, 4.69) is 0 Å². The van der Waals surface area contributed by atoms with Gasteiger partial charge in [-0.15, -0.1) is 0 Å². The summed E-state index contributed by atoms with van der Waals surface area (Å²) < 4.78 is 92.6. The second-order valence-corrected chi connectivity index (χ2v) is 9.20. The van der Waals surface area contributed by atoms with Crippen LogP contribution in [-0.2, 0) is 23.7 Å². The number of carbonyl (C=O) groups excluding carboxylic acids is 1. The summed E-state index contributed by atoms with van der Waals surface area (Å²) in [6.07, 6.45) is -7.00. The van der Waals surface area contributed by atoms with Crippen LogP contribution in [-0.4, -0.2) is 38.0 Å². The summed E-state index contributed by atoms with van der Waals surface area (Å²) in [5.74, 6) is 0.396. The molecule has 0 radical (unpaired) electrons. The number of piperidine rings is 1. The number of alkyl halides is 6. The van der Waals surface area contributed by atoms with Gasteiger partial charge in [0, 0.05) is 36.8 Å². The van der Waals surface area contributed by atoms with Gasteiger partial charge in [-0.1, -0.05) is 36.4 Å².